The third kappa shape index (κ3) is 5.39. The fourth-order valence-electron chi connectivity index (χ4n) is 3.41. The molecule has 0 atom stereocenters. The number of thioether (sulfide) groups is 1. The Morgan fingerprint density at radius 2 is 1.69 bits per heavy atom. The number of halogens is 1. The molecule has 3 aromatic carbocycles. The smallest absolute Gasteiger partial charge is 0.293 e. The molecule has 0 aliphatic carbocycles. The van der Waals surface area contributed by atoms with Gasteiger partial charge in [-0.25, -0.2) is 4.39 Å². The largest absolute Gasteiger partial charge is 0.488 e. The molecular weight excluding hydrogens is 493 g/mol. The predicted octanol–water partition coefficient (Wildman–Crippen LogP) is 5.46. The molecule has 3 aromatic rings. The second-order valence-corrected chi connectivity index (χ2v) is 8.54. The third-order valence-electron chi connectivity index (χ3n) is 5.19. The van der Waals surface area contributed by atoms with Crippen molar-refractivity contribution in [3.8, 4) is 5.75 Å². The minimum Gasteiger partial charge on any atom is -0.488 e. The van der Waals surface area contributed by atoms with Gasteiger partial charge in [0.25, 0.3) is 22.5 Å². The normalized spacial score (nSPS) is 14.4. The molecular formula is C24H16FN3O7S. The maximum absolute atomic E-state index is 13.1. The minimum atomic E-state index is -0.695. The summed E-state index contributed by atoms with van der Waals surface area (Å²) in [4.78, 5) is 47.8. The molecule has 36 heavy (non-hydrogen) atoms. The minimum absolute atomic E-state index is 0.0225. The summed E-state index contributed by atoms with van der Waals surface area (Å²) < 4.78 is 18.9. The van der Waals surface area contributed by atoms with E-state index in [2.05, 4.69) is 0 Å². The molecule has 2 amide bonds. The van der Waals surface area contributed by atoms with Crippen LogP contribution in [0.5, 0.6) is 5.75 Å². The van der Waals surface area contributed by atoms with Gasteiger partial charge in [-0.1, -0.05) is 30.3 Å². The van der Waals surface area contributed by atoms with Gasteiger partial charge in [0.2, 0.25) is 0 Å². The van der Waals surface area contributed by atoms with E-state index >= 15 is 0 Å². The second kappa shape index (κ2) is 10.4. The summed E-state index contributed by atoms with van der Waals surface area (Å²) in [6.07, 6.45) is 1.30. The Hall–Kier alpha value is -4.58. The quantitative estimate of drug-likeness (QED) is 0.222. The SMILES string of the molecule is O=C1S/C(=C\c2cc([N+](=O)[O-])ccc2OCc2ccc(F)cc2)C(=O)N1Cc1ccccc1[N+](=O)[O-]. The van der Waals surface area contributed by atoms with Crippen LogP contribution < -0.4 is 4.74 Å². The Bertz CT molecular complexity index is 1410. The molecule has 4 rings (SSSR count). The highest BCUT2D eigenvalue weighted by Gasteiger charge is 2.36. The van der Waals surface area contributed by atoms with E-state index in [0.29, 0.717) is 17.3 Å². The third-order valence-corrected chi connectivity index (χ3v) is 6.10. The summed E-state index contributed by atoms with van der Waals surface area (Å²) in [5.41, 5.74) is 0.530. The van der Waals surface area contributed by atoms with Crippen molar-refractivity contribution in [1.82, 2.24) is 4.90 Å². The van der Waals surface area contributed by atoms with Crippen molar-refractivity contribution in [1.29, 1.82) is 0 Å². The molecule has 1 aliphatic rings. The fraction of sp³-hybridized carbons (Fsp3) is 0.0833. The van der Waals surface area contributed by atoms with Crippen molar-refractivity contribution in [3.05, 3.63) is 114 Å². The number of hydrogen-bond donors (Lipinski definition) is 0. The van der Waals surface area contributed by atoms with Crippen LogP contribution in [0, 0.1) is 26.0 Å². The van der Waals surface area contributed by atoms with Crippen molar-refractivity contribution in [2.24, 2.45) is 0 Å². The lowest BCUT2D eigenvalue weighted by atomic mass is 10.1. The van der Waals surface area contributed by atoms with Crippen LogP contribution in [-0.2, 0) is 17.9 Å². The molecule has 0 aromatic heterocycles. The maximum atomic E-state index is 13.1. The zero-order valence-electron chi connectivity index (χ0n) is 18.3. The number of nitro groups is 2. The van der Waals surface area contributed by atoms with Crippen molar-refractivity contribution in [2.45, 2.75) is 13.2 Å². The average Bonchev–Trinajstić information content (AvgIpc) is 3.11. The van der Waals surface area contributed by atoms with Gasteiger partial charge in [0, 0.05) is 29.3 Å². The number of benzene rings is 3. The highest BCUT2D eigenvalue weighted by atomic mass is 32.2. The van der Waals surface area contributed by atoms with Crippen molar-refractivity contribution < 1.29 is 28.6 Å². The van der Waals surface area contributed by atoms with Gasteiger partial charge >= 0.3 is 0 Å². The summed E-state index contributed by atoms with van der Waals surface area (Å²) in [6, 6.07) is 15.1. The number of hydrogen-bond acceptors (Lipinski definition) is 8. The highest BCUT2D eigenvalue weighted by molar-refractivity contribution is 8.18. The summed E-state index contributed by atoms with van der Waals surface area (Å²) in [7, 11) is 0. The van der Waals surface area contributed by atoms with Crippen LogP contribution in [0.3, 0.4) is 0 Å². The van der Waals surface area contributed by atoms with Gasteiger partial charge in [0.15, 0.2) is 0 Å². The first-order chi connectivity index (χ1) is 17.2. The molecule has 0 saturated carbocycles. The van der Waals surface area contributed by atoms with E-state index in [1.165, 1.54) is 66.7 Å². The maximum Gasteiger partial charge on any atom is 0.293 e. The van der Waals surface area contributed by atoms with Crippen LogP contribution in [-0.4, -0.2) is 25.9 Å². The molecule has 0 N–H and O–H groups in total. The van der Waals surface area contributed by atoms with Gasteiger partial charge in [-0.15, -0.1) is 0 Å². The van der Waals surface area contributed by atoms with Gasteiger partial charge in [-0.3, -0.25) is 34.7 Å². The van der Waals surface area contributed by atoms with Crippen LogP contribution in [0.2, 0.25) is 0 Å². The van der Waals surface area contributed by atoms with Crippen LogP contribution in [0.15, 0.2) is 71.6 Å². The Morgan fingerprint density at radius 1 is 0.972 bits per heavy atom. The Morgan fingerprint density at radius 3 is 2.39 bits per heavy atom. The molecule has 0 spiro atoms. The topological polar surface area (TPSA) is 133 Å². The fourth-order valence-corrected chi connectivity index (χ4v) is 4.24. The first kappa shape index (κ1) is 24.5. The number of para-hydroxylation sites is 1. The summed E-state index contributed by atoms with van der Waals surface area (Å²) >= 11 is 0.611. The molecule has 1 fully saturated rings. The average molecular weight is 509 g/mol. The first-order valence-corrected chi connectivity index (χ1v) is 11.2. The van der Waals surface area contributed by atoms with Crippen LogP contribution >= 0.6 is 11.8 Å². The standard InChI is InChI=1S/C24H16FN3O7S/c25-18-7-5-15(6-8-18)14-35-21-10-9-19(27(31)32)11-17(21)12-22-23(29)26(24(30)36-22)13-16-3-1-2-4-20(16)28(33)34/h1-12H,13-14H2/b22-12-. The Labute approximate surface area is 207 Å². The molecule has 0 bridgehead atoms. The van der Waals surface area contributed by atoms with E-state index in [9.17, 15) is 34.2 Å². The summed E-state index contributed by atoms with van der Waals surface area (Å²) in [5.74, 6) is -0.902. The molecule has 0 radical (unpaired) electrons. The summed E-state index contributed by atoms with van der Waals surface area (Å²) in [6.45, 7) is -0.278. The van der Waals surface area contributed by atoms with Crippen molar-refractivity contribution in [2.75, 3.05) is 0 Å². The van der Waals surface area contributed by atoms with Gasteiger partial charge in [-0.05, 0) is 41.6 Å². The number of amides is 2. The second-order valence-electron chi connectivity index (χ2n) is 7.55. The van der Waals surface area contributed by atoms with Gasteiger partial charge in [0.1, 0.15) is 18.2 Å². The number of carbonyl (C=O) groups excluding carboxylic acids is 2. The molecule has 1 saturated heterocycles. The molecule has 0 unspecified atom stereocenters. The lowest BCUT2D eigenvalue weighted by Gasteiger charge is -2.12. The Kier molecular flexibility index (Phi) is 7.06. The van der Waals surface area contributed by atoms with Crippen molar-refractivity contribution >= 4 is 40.4 Å². The number of non-ortho nitro benzene ring substituents is 1. The molecule has 182 valence electrons. The zero-order chi connectivity index (χ0) is 25.8. The highest BCUT2D eigenvalue weighted by Crippen LogP contribution is 2.36. The molecule has 1 aliphatic heterocycles. The number of nitro benzene ring substituents is 2. The number of ether oxygens (including phenoxy) is 1. The van der Waals surface area contributed by atoms with Crippen LogP contribution in [0.25, 0.3) is 6.08 Å². The van der Waals surface area contributed by atoms with E-state index in [1.54, 1.807) is 6.07 Å². The van der Waals surface area contributed by atoms with Crippen molar-refractivity contribution in [3.63, 3.8) is 0 Å². The van der Waals surface area contributed by atoms with E-state index in [4.69, 9.17) is 4.74 Å². The lowest BCUT2D eigenvalue weighted by molar-refractivity contribution is -0.385. The number of imide groups is 1. The van der Waals surface area contributed by atoms with Gasteiger partial charge in [0.05, 0.1) is 21.3 Å². The summed E-state index contributed by atoms with van der Waals surface area (Å²) in [5, 5.41) is 21.9. The molecule has 12 heteroatoms. The zero-order valence-corrected chi connectivity index (χ0v) is 19.1. The number of nitrogens with zero attached hydrogens (tertiary/aromatic N) is 3. The Balaban J connectivity index is 1.61. The number of rotatable bonds is 8. The van der Waals surface area contributed by atoms with Crippen LogP contribution in [0.4, 0.5) is 20.6 Å². The predicted molar refractivity (Wildman–Crippen MR) is 128 cm³/mol. The van der Waals surface area contributed by atoms with E-state index < -0.39 is 26.8 Å². The molecule has 10 nitrogen and oxygen atoms in total. The monoisotopic (exact) mass is 509 g/mol. The number of carbonyl (C=O) groups is 2. The van der Waals surface area contributed by atoms with E-state index in [-0.39, 0.29) is 46.3 Å². The van der Waals surface area contributed by atoms with E-state index in [0.717, 1.165) is 4.90 Å². The first-order valence-electron chi connectivity index (χ1n) is 10.4. The lowest BCUT2D eigenvalue weighted by Crippen LogP contribution is -2.27. The van der Waals surface area contributed by atoms with Gasteiger partial charge in [-0.2, -0.15) is 0 Å². The molecule has 1 heterocycles. The van der Waals surface area contributed by atoms with E-state index in [1.807, 2.05) is 0 Å². The van der Waals surface area contributed by atoms with Crippen LogP contribution in [0.1, 0.15) is 16.7 Å². The van der Waals surface area contributed by atoms with Gasteiger partial charge < -0.3 is 4.74 Å².